The topological polar surface area (TPSA) is 63.9 Å². The van der Waals surface area contributed by atoms with Gasteiger partial charge in [0.25, 0.3) is 0 Å². The van der Waals surface area contributed by atoms with Gasteiger partial charge in [-0.05, 0) is 178 Å². The second-order valence-corrected chi connectivity index (χ2v) is 22.5. The predicted octanol–water partition coefficient (Wildman–Crippen LogP) is 9.37. The summed E-state index contributed by atoms with van der Waals surface area (Å²) in [6.07, 6.45) is 16.1. The summed E-state index contributed by atoms with van der Waals surface area (Å²) in [6, 6.07) is 20.7. The van der Waals surface area contributed by atoms with Crippen LogP contribution in [0, 0.1) is 64.6 Å². The summed E-state index contributed by atoms with van der Waals surface area (Å²) in [5, 5.41) is 35.8. The van der Waals surface area contributed by atoms with Crippen molar-refractivity contribution >= 4 is 21.6 Å². The molecular weight excluding hydrogens is 691 g/mol. The van der Waals surface area contributed by atoms with Gasteiger partial charge in [-0.3, -0.25) is 4.90 Å². The molecule has 0 aromatic heterocycles. The summed E-state index contributed by atoms with van der Waals surface area (Å²) < 4.78 is 0. The van der Waals surface area contributed by atoms with Crippen LogP contribution in [0.15, 0.2) is 54.6 Å². The van der Waals surface area contributed by atoms with E-state index in [9.17, 15) is 15.3 Å². The Morgan fingerprint density at radius 1 is 0.736 bits per heavy atom. The van der Waals surface area contributed by atoms with E-state index in [2.05, 4.69) is 88.0 Å². The highest BCUT2D eigenvalue weighted by atomic mass is 33.1. The molecule has 6 heteroatoms. The molecule has 7 fully saturated rings. The van der Waals surface area contributed by atoms with Crippen molar-refractivity contribution < 1.29 is 15.3 Å². The lowest BCUT2D eigenvalue weighted by Gasteiger charge is -2.62. The zero-order valence-electron chi connectivity index (χ0n) is 32.1. The van der Waals surface area contributed by atoms with E-state index in [0.29, 0.717) is 65.1 Å². The Labute approximate surface area is 327 Å². The number of aryl methyl sites for hydroxylation is 1. The summed E-state index contributed by atoms with van der Waals surface area (Å²) in [6.45, 7) is 4.61. The van der Waals surface area contributed by atoms with E-state index in [1.54, 1.807) is 5.56 Å². The first-order valence-electron chi connectivity index (χ1n) is 22.0. The van der Waals surface area contributed by atoms with Gasteiger partial charge in [-0.2, -0.15) is 0 Å². The molecule has 3 aliphatic heterocycles. The fourth-order valence-corrected chi connectivity index (χ4v) is 18.3. The van der Waals surface area contributed by atoms with Gasteiger partial charge in [0.05, 0.1) is 17.8 Å². The minimum Gasteiger partial charge on any atom is -0.393 e. The molecule has 4 nitrogen and oxygen atoms in total. The zero-order chi connectivity index (χ0) is 35.9. The van der Waals surface area contributed by atoms with Crippen LogP contribution in [-0.2, 0) is 12.2 Å². The Morgan fingerprint density at radius 3 is 2.47 bits per heavy atom. The van der Waals surface area contributed by atoms with Crippen LogP contribution >= 0.6 is 21.6 Å². The molecule has 3 heterocycles. The summed E-state index contributed by atoms with van der Waals surface area (Å²) in [4.78, 5) is 2.87. The molecule has 53 heavy (non-hydrogen) atoms. The van der Waals surface area contributed by atoms with E-state index in [-0.39, 0.29) is 23.7 Å². The molecule has 5 saturated carbocycles. The highest BCUT2D eigenvalue weighted by molar-refractivity contribution is 8.76. The molecule has 16 atom stereocenters. The van der Waals surface area contributed by atoms with Gasteiger partial charge in [-0.15, -0.1) is 0 Å². The SMILES string of the molecule is CC1(O)C2CCC3C(CC4C3CC(O)C3CC(O)C5CCCC34C5)C2CN2CC3CCC(CCc4ccccc4)c4ccccc4CSSCC(C3)C21. The number of hydrogen-bond donors (Lipinski definition) is 3. The fourth-order valence-electron chi connectivity index (χ4n) is 15.8. The number of hydrogen-bond acceptors (Lipinski definition) is 6. The van der Waals surface area contributed by atoms with Crippen molar-refractivity contribution in [3.05, 3.63) is 71.3 Å². The maximum atomic E-state index is 13.0. The lowest BCUT2D eigenvalue weighted by Crippen LogP contribution is -2.70. The molecular formula is C47H65NO3S2. The van der Waals surface area contributed by atoms with Crippen LogP contribution in [0.2, 0.25) is 0 Å². The van der Waals surface area contributed by atoms with Gasteiger partial charge >= 0.3 is 0 Å². The van der Waals surface area contributed by atoms with E-state index in [1.807, 2.05) is 0 Å². The lowest BCUT2D eigenvalue weighted by molar-refractivity contribution is -0.190. The standard InChI is InChI=1S/C47H65NO3S2/c1-46(51)40-18-17-36-37(21-41-38(36)22-44(50)42-23-43(49)32-11-7-19-47(41,42)24-32)39(40)26-48-25-30-14-16-31(15-13-29-8-3-2-4-9-29)35-12-6-5-10-33(35)27-52-53-28-34(20-30)45(46)48/h2-6,8-10,12,30-32,34,36-45,49-51H,7,11,13-28H2,1H3. The van der Waals surface area contributed by atoms with Crippen molar-refractivity contribution in [3.8, 4) is 0 Å². The first-order valence-corrected chi connectivity index (χ1v) is 24.5. The molecule has 16 unspecified atom stereocenters. The number of rotatable bonds is 3. The van der Waals surface area contributed by atoms with Crippen LogP contribution in [0.5, 0.6) is 0 Å². The Morgan fingerprint density at radius 2 is 1.58 bits per heavy atom. The van der Waals surface area contributed by atoms with Gasteiger partial charge < -0.3 is 15.3 Å². The largest absolute Gasteiger partial charge is 0.393 e. The zero-order valence-corrected chi connectivity index (χ0v) is 33.7. The molecule has 8 aliphatic rings. The van der Waals surface area contributed by atoms with E-state index in [0.717, 1.165) is 50.2 Å². The number of aliphatic hydroxyl groups excluding tert-OH is 2. The van der Waals surface area contributed by atoms with Gasteiger partial charge in [0, 0.05) is 30.6 Å². The first-order chi connectivity index (χ1) is 25.8. The van der Waals surface area contributed by atoms with Crippen LogP contribution in [0.1, 0.15) is 113 Å². The maximum Gasteiger partial charge on any atom is 0.0808 e. The van der Waals surface area contributed by atoms with Crippen LogP contribution < -0.4 is 0 Å². The smallest absolute Gasteiger partial charge is 0.0808 e. The molecule has 2 aromatic carbocycles. The molecule has 2 saturated heterocycles. The van der Waals surface area contributed by atoms with Crippen LogP contribution in [0.4, 0.5) is 0 Å². The average Bonchev–Trinajstić information content (AvgIpc) is 3.54. The predicted molar refractivity (Wildman–Crippen MR) is 218 cm³/mol. The third kappa shape index (κ3) is 6.24. The van der Waals surface area contributed by atoms with Crippen molar-refractivity contribution in [3.63, 3.8) is 0 Å². The summed E-state index contributed by atoms with van der Waals surface area (Å²) in [5.74, 6) is 8.44. The van der Waals surface area contributed by atoms with E-state index in [4.69, 9.17) is 0 Å². The average molecular weight is 756 g/mol. The normalized spacial score (nSPS) is 48.0. The molecule has 2 aromatic rings. The quantitative estimate of drug-likeness (QED) is 0.272. The van der Waals surface area contributed by atoms with E-state index < -0.39 is 5.60 Å². The third-order valence-corrected chi connectivity index (χ3v) is 20.2. The van der Waals surface area contributed by atoms with Gasteiger partial charge in [0.15, 0.2) is 0 Å². The van der Waals surface area contributed by atoms with E-state index in [1.165, 1.54) is 75.5 Å². The van der Waals surface area contributed by atoms with Crippen LogP contribution in [0.25, 0.3) is 0 Å². The number of fused-ring (bicyclic) bond motifs is 11. The highest BCUT2D eigenvalue weighted by Crippen LogP contribution is 2.70. The molecule has 0 radical (unpaired) electrons. The van der Waals surface area contributed by atoms with Crippen molar-refractivity contribution in [2.24, 2.45) is 64.6 Å². The van der Waals surface area contributed by atoms with Crippen molar-refractivity contribution in [1.29, 1.82) is 0 Å². The van der Waals surface area contributed by atoms with Crippen LogP contribution in [-0.4, -0.2) is 62.9 Å². The molecule has 0 amide bonds. The van der Waals surface area contributed by atoms with Gasteiger partial charge in [0.2, 0.25) is 0 Å². The Bertz CT molecular complexity index is 1600. The molecule has 3 N–H and O–H groups in total. The first kappa shape index (κ1) is 36.3. The van der Waals surface area contributed by atoms with E-state index >= 15 is 0 Å². The minimum absolute atomic E-state index is 0.211. The Hall–Kier alpha value is -1.02. The number of piperidine rings is 2. The fraction of sp³-hybridized carbons (Fsp3) is 0.745. The lowest BCUT2D eigenvalue weighted by atomic mass is 9.45. The Balaban J connectivity index is 0.910. The van der Waals surface area contributed by atoms with Crippen molar-refractivity contribution in [2.45, 2.75) is 132 Å². The van der Waals surface area contributed by atoms with Crippen LogP contribution in [0.3, 0.4) is 0 Å². The summed E-state index contributed by atoms with van der Waals surface area (Å²) in [5.41, 5.74) is 4.16. The molecule has 4 bridgehead atoms. The maximum absolute atomic E-state index is 13.0. The molecule has 1 spiro atoms. The van der Waals surface area contributed by atoms with Gasteiger partial charge in [-0.1, -0.05) is 82.6 Å². The number of benzene rings is 2. The highest BCUT2D eigenvalue weighted by Gasteiger charge is 2.67. The molecule has 5 aliphatic carbocycles. The minimum atomic E-state index is -0.657. The molecule has 288 valence electrons. The number of nitrogens with zero attached hydrogens (tertiary/aromatic N) is 1. The second kappa shape index (κ2) is 14.4. The van der Waals surface area contributed by atoms with Gasteiger partial charge in [0.1, 0.15) is 0 Å². The summed E-state index contributed by atoms with van der Waals surface area (Å²) in [7, 11) is 4.14. The summed E-state index contributed by atoms with van der Waals surface area (Å²) >= 11 is 0. The third-order valence-electron chi connectivity index (χ3n) is 17.8. The van der Waals surface area contributed by atoms with Gasteiger partial charge in [-0.25, -0.2) is 0 Å². The van der Waals surface area contributed by atoms with Crippen molar-refractivity contribution in [1.82, 2.24) is 4.90 Å². The second-order valence-electron chi connectivity index (χ2n) is 20.0. The molecule has 10 rings (SSSR count). The van der Waals surface area contributed by atoms with Crippen molar-refractivity contribution in [2.75, 3.05) is 18.8 Å². The number of aliphatic hydroxyl groups is 3. The monoisotopic (exact) mass is 755 g/mol. The Kier molecular flexibility index (Phi) is 9.88.